The minimum atomic E-state index is -1.35. The van der Waals surface area contributed by atoms with Crippen LogP contribution in [0.2, 0.25) is 0 Å². The third kappa shape index (κ3) is 4.16. The topological polar surface area (TPSA) is 90.0 Å². The van der Waals surface area contributed by atoms with E-state index in [-0.39, 0.29) is 18.9 Å². The van der Waals surface area contributed by atoms with Crippen LogP contribution >= 0.6 is 0 Å². The first-order valence-corrected chi connectivity index (χ1v) is 9.42. The number of para-hydroxylation sites is 1. The SMILES string of the molecule is CC[C@@H](C=CC(=O)N1CCc2ccccc21)NC(=O)[C@@H]1C[C@H](F)CN1C(=O)O. The van der Waals surface area contributed by atoms with Gasteiger partial charge in [0.1, 0.15) is 12.2 Å². The summed E-state index contributed by atoms with van der Waals surface area (Å²) in [6, 6.07) is 6.24. The van der Waals surface area contributed by atoms with Crippen molar-refractivity contribution in [2.75, 3.05) is 18.0 Å². The van der Waals surface area contributed by atoms with Crippen LogP contribution in [-0.4, -0.2) is 59.3 Å². The number of carbonyl (C=O) groups excluding carboxylic acids is 2. The van der Waals surface area contributed by atoms with Gasteiger partial charge in [-0.05, 0) is 24.5 Å². The standard InChI is InChI=1S/C20H24FN3O4/c1-2-15(22-19(26)17-11-14(21)12-24(17)20(27)28)7-8-18(25)23-10-9-13-5-3-4-6-16(13)23/h3-8,14-15,17H,2,9-12H2,1H3,(H,22,26)(H,27,28)/t14-,15-,17-/m0/s1. The zero-order valence-electron chi connectivity index (χ0n) is 15.7. The fraction of sp³-hybridized carbons (Fsp3) is 0.450. The molecule has 2 aliphatic rings. The molecule has 3 atom stereocenters. The summed E-state index contributed by atoms with van der Waals surface area (Å²) in [7, 11) is 0. The molecule has 1 aromatic rings. The molecular weight excluding hydrogens is 365 g/mol. The summed E-state index contributed by atoms with van der Waals surface area (Å²) in [5, 5.41) is 11.8. The Morgan fingerprint density at radius 1 is 1.36 bits per heavy atom. The zero-order valence-corrected chi connectivity index (χ0v) is 15.7. The van der Waals surface area contributed by atoms with E-state index in [0.29, 0.717) is 13.0 Å². The van der Waals surface area contributed by atoms with E-state index < -0.39 is 30.3 Å². The van der Waals surface area contributed by atoms with Crippen LogP contribution in [0.1, 0.15) is 25.3 Å². The monoisotopic (exact) mass is 389 g/mol. The lowest BCUT2D eigenvalue weighted by Crippen LogP contribution is -2.48. The number of carbonyl (C=O) groups is 3. The number of rotatable bonds is 5. The summed E-state index contributed by atoms with van der Waals surface area (Å²) in [5.74, 6) is -0.715. The highest BCUT2D eigenvalue weighted by molar-refractivity contribution is 6.03. The molecule has 1 aromatic carbocycles. The molecule has 0 bridgehead atoms. The lowest BCUT2D eigenvalue weighted by molar-refractivity contribution is -0.125. The van der Waals surface area contributed by atoms with E-state index in [1.807, 2.05) is 31.2 Å². The molecule has 3 rings (SSSR count). The van der Waals surface area contributed by atoms with Gasteiger partial charge in [-0.25, -0.2) is 9.18 Å². The molecule has 0 aliphatic carbocycles. The molecule has 2 N–H and O–H groups in total. The van der Waals surface area contributed by atoms with Gasteiger partial charge >= 0.3 is 6.09 Å². The third-order valence-electron chi connectivity index (χ3n) is 5.19. The van der Waals surface area contributed by atoms with Gasteiger partial charge in [0.05, 0.1) is 6.54 Å². The van der Waals surface area contributed by atoms with Gasteiger partial charge in [0, 0.05) is 30.8 Å². The Labute approximate surface area is 162 Å². The summed E-state index contributed by atoms with van der Waals surface area (Å²) in [6.45, 7) is 2.15. The van der Waals surface area contributed by atoms with Crippen molar-refractivity contribution in [1.29, 1.82) is 0 Å². The quantitative estimate of drug-likeness (QED) is 0.755. The molecule has 0 spiro atoms. The van der Waals surface area contributed by atoms with Crippen molar-refractivity contribution >= 4 is 23.6 Å². The minimum absolute atomic E-state index is 0.151. The first-order chi connectivity index (χ1) is 13.4. The molecule has 2 heterocycles. The van der Waals surface area contributed by atoms with E-state index in [4.69, 9.17) is 5.11 Å². The molecule has 2 aliphatic heterocycles. The molecule has 0 radical (unpaired) electrons. The van der Waals surface area contributed by atoms with Crippen LogP contribution in [-0.2, 0) is 16.0 Å². The van der Waals surface area contributed by atoms with Gasteiger partial charge in [-0.2, -0.15) is 0 Å². The van der Waals surface area contributed by atoms with E-state index in [2.05, 4.69) is 5.32 Å². The van der Waals surface area contributed by atoms with Crippen LogP contribution in [0.25, 0.3) is 0 Å². The Hall–Kier alpha value is -2.90. The number of carboxylic acid groups (broad SMARTS) is 1. The average Bonchev–Trinajstić information content (AvgIpc) is 3.28. The van der Waals surface area contributed by atoms with Crippen molar-refractivity contribution in [2.45, 2.75) is 44.4 Å². The van der Waals surface area contributed by atoms with Crippen LogP contribution < -0.4 is 10.2 Å². The fourth-order valence-corrected chi connectivity index (χ4v) is 3.67. The van der Waals surface area contributed by atoms with Crippen molar-refractivity contribution < 1.29 is 23.9 Å². The number of hydrogen-bond acceptors (Lipinski definition) is 3. The van der Waals surface area contributed by atoms with Crippen LogP contribution in [0, 0.1) is 0 Å². The highest BCUT2D eigenvalue weighted by atomic mass is 19.1. The molecule has 8 heteroatoms. The molecule has 7 nitrogen and oxygen atoms in total. The van der Waals surface area contributed by atoms with Gasteiger partial charge in [-0.3, -0.25) is 14.5 Å². The summed E-state index contributed by atoms with van der Waals surface area (Å²) >= 11 is 0. The second-order valence-corrected chi connectivity index (χ2v) is 7.03. The van der Waals surface area contributed by atoms with E-state index in [1.54, 1.807) is 11.0 Å². The summed E-state index contributed by atoms with van der Waals surface area (Å²) in [5.41, 5.74) is 2.02. The predicted octanol–water partition coefficient (Wildman–Crippen LogP) is 2.12. The van der Waals surface area contributed by atoms with Crippen molar-refractivity contribution in [3.05, 3.63) is 42.0 Å². The van der Waals surface area contributed by atoms with Gasteiger partial charge in [-0.1, -0.05) is 31.2 Å². The van der Waals surface area contributed by atoms with Gasteiger partial charge in [0.15, 0.2) is 0 Å². The second kappa shape index (κ2) is 8.41. The van der Waals surface area contributed by atoms with Gasteiger partial charge in [-0.15, -0.1) is 0 Å². The number of benzene rings is 1. The van der Waals surface area contributed by atoms with E-state index in [0.717, 1.165) is 22.6 Å². The molecule has 3 amide bonds. The maximum absolute atomic E-state index is 13.6. The molecule has 28 heavy (non-hydrogen) atoms. The first-order valence-electron chi connectivity index (χ1n) is 9.42. The lowest BCUT2D eigenvalue weighted by Gasteiger charge is -2.22. The Morgan fingerprint density at radius 2 is 2.11 bits per heavy atom. The summed E-state index contributed by atoms with van der Waals surface area (Å²) in [4.78, 5) is 38.7. The van der Waals surface area contributed by atoms with Crippen molar-refractivity contribution in [2.24, 2.45) is 0 Å². The van der Waals surface area contributed by atoms with Crippen LogP contribution in [0.5, 0.6) is 0 Å². The van der Waals surface area contributed by atoms with Gasteiger partial charge < -0.3 is 15.3 Å². The molecule has 0 saturated carbocycles. The molecule has 1 saturated heterocycles. The number of anilines is 1. The molecule has 150 valence electrons. The largest absolute Gasteiger partial charge is 0.465 e. The van der Waals surface area contributed by atoms with Crippen molar-refractivity contribution in [1.82, 2.24) is 10.2 Å². The maximum Gasteiger partial charge on any atom is 0.408 e. The smallest absolute Gasteiger partial charge is 0.408 e. The van der Waals surface area contributed by atoms with E-state index >= 15 is 0 Å². The van der Waals surface area contributed by atoms with E-state index in [1.165, 1.54) is 6.08 Å². The number of hydrogen-bond donors (Lipinski definition) is 2. The molecule has 0 unspecified atom stereocenters. The highest BCUT2D eigenvalue weighted by Crippen LogP contribution is 2.27. The number of alkyl halides is 1. The Balaban J connectivity index is 1.62. The third-order valence-corrected chi connectivity index (χ3v) is 5.19. The molecule has 0 aromatic heterocycles. The Bertz CT molecular complexity index is 797. The van der Waals surface area contributed by atoms with Gasteiger partial charge in [0.2, 0.25) is 5.91 Å². The maximum atomic E-state index is 13.6. The van der Waals surface area contributed by atoms with Crippen molar-refractivity contribution in [3.8, 4) is 0 Å². The van der Waals surface area contributed by atoms with Crippen LogP contribution in [0.3, 0.4) is 0 Å². The minimum Gasteiger partial charge on any atom is -0.465 e. The summed E-state index contributed by atoms with van der Waals surface area (Å²) < 4.78 is 13.6. The average molecular weight is 389 g/mol. The number of nitrogens with one attached hydrogen (secondary N) is 1. The van der Waals surface area contributed by atoms with Crippen LogP contribution in [0.4, 0.5) is 14.9 Å². The van der Waals surface area contributed by atoms with Crippen molar-refractivity contribution in [3.63, 3.8) is 0 Å². The lowest BCUT2D eigenvalue weighted by atomic mass is 10.1. The fourth-order valence-electron chi connectivity index (χ4n) is 3.67. The number of halogens is 1. The Kier molecular flexibility index (Phi) is 5.96. The number of amides is 3. The highest BCUT2D eigenvalue weighted by Gasteiger charge is 2.40. The number of nitrogens with zero attached hydrogens (tertiary/aromatic N) is 2. The Morgan fingerprint density at radius 3 is 2.82 bits per heavy atom. The number of likely N-dealkylation sites (tertiary alicyclic amines) is 1. The van der Waals surface area contributed by atoms with Crippen LogP contribution in [0.15, 0.2) is 36.4 Å². The zero-order chi connectivity index (χ0) is 20.3. The van der Waals surface area contributed by atoms with E-state index in [9.17, 15) is 18.8 Å². The first kappa shape index (κ1) is 19.9. The molecule has 1 fully saturated rings. The predicted molar refractivity (Wildman–Crippen MR) is 102 cm³/mol. The second-order valence-electron chi connectivity index (χ2n) is 7.03. The number of fused-ring (bicyclic) bond motifs is 1. The normalized spacial score (nSPS) is 22.4. The van der Waals surface area contributed by atoms with Gasteiger partial charge in [0.25, 0.3) is 5.91 Å². The molecular formula is C20H24FN3O4. The summed E-state index contributed by atoms with van der Waals surface area (Å²) in [6.07, 6.45) is 1.55.